The second-order valence-corrected chi connectivity index (χ2v) is 8.52. The number of aliphatic carboxylic acids is 1. The predicted octanol–water partition coefficient (Wildman–Crippen LogP) is 2.04. The number of carbonyl (C=O) groups is 1. The number of carboxylic acids is 1. The molecule has 1 aliphatic rings. The Hall–Kier alpha value is -1.15. The number of halogens is 1. The van der Waals surface area contributed by atoms with Crippen molar-refractivity contribution >= 4 is 27.6 Å². The van der Waals surface area contributed by atoms with Crippen molar-refractivity contribution in [3.8, 4) is 0 Å². The highest BCUT2D eigenvalue weighted by Gasteiger charge is 2.28. The summed E-state index contributed by atoms with van der Waals surface area (Å²) in [6.07, 6.45) is 2.14. The molecule has 1 atom stereocenters. The number of hydrogen-bond donors (Lipinski definition) is 1. The zero-order chi connectivity index (χ0) is 17.7. The summed E-state index contributed by atoms with van der Waals surface area (Å²) in [4.78, 5) is 12.6. The van der Waals surface area contributed by atoms with Crippen molar-refractivity contribution in [3.63, 3.8) is 0 Å². The van der Waals surface area contributed by atoms with Gasteiger partial charge in [0.05, 0.1) is 12.3 Å². The van der Waals surface area contributed by atoms with Crippen LogP contribution >= 0.6 is 11.6 Å². The normalized spacial score (nSPS) is 20.0. The molecule has 0 radical (unpaired) electrons. The molecule has 1 aromatic rings. The Bertz CT molecular complexity index is 680. The third kappa shape index (κ3) is 5.17. The first-order valence-electron chi connectivity index (χ1n) is 7.93. The lowest BCUT2D eigenvalue weighted by Crippen LogP contribution is -2.37. The van der Waals surface area contributed by atoms with E-state index in [1.165, 1.54) is 4.31 Å². The molecule has 0 aliphatic carbocycles. The highest BCUT2D eigenvalue weighted by molar-refractivity contribution is 7.88. The molecule has 24 heavy (non-hydrogen) atoms. The summed E-state index contributed by atoms with van der Waals surface area (Å²) in [5.74, 6) is -0.979. The van der Waals surface area contributed by atoms with Crippen LogP contribution in [0.5, 0.6) is 0 Å². The molecule has 0 saturated carbocycles. The molecule has 0 aromatic heterocycles. The van der Waals surface area contributed by atoms with Gasteiger partial charge in [-0.1, -0.05) is 29.8 Å². The zero-order valence-corrected chi connectivity index (χ0v) is 15.3. The second-order valence-electron chi connectivity index (χ2n) is 6.14. The van der Waals surface area contributed by atoms with Crippen molar-refractivity contribution < 1.29 is 18.3 Å². The summed E-state index contributed by atoms with van der Waals surface area (Å²) in [5.41, 5.74) is 0.600. The van der Waals surface area contributed by atoms with Crippen LogP contribution in [0.3, 0.4) is 0 Å². The number of carboxylic acid groups (broad SMARTS) is 1. The number of nitrogens with zero attached hydrogens (tertiary/aromatic N) is 2. The van der Waals surface area contributed by atoms with Gasteiger partial charge < -0.3 is 5.11 Å². The van der Waals surface area contributed by atoms with Crippen LogP contribution in [0.25, 0.3) is 0 Å². The van der Waals surface area contributed by atoms with Crippen molar-refractivity contribution in [2.24, 2.45) is 0 Å². The quantitative estimate of drug-likeness (QED) is 0.824. The lowest BCUT2D eigenvalue weighted by Gasteiger charge is -2.25. The second kappa shape index (κ2) is 8.29. The van der Waals surface area contributed by atoms with Crippen molar-refractivity contribution in [2.75, 3.05) is 26.7 Å². The topological polar surface area (TPSA) is 77.9 Å². The molecular weight excluding hydrogens is 352 g/mol. The van der Waals surface area contributed by atoms with Crippen LogP contribution in [0.15, 0.2) is 24.3 Å². The lowest BCUT2D eigenvalue weighted by molar-refractivity contribution is -0.138. The largest absolute Gasteiger partial charge is 0.480 e. The fourth-order valence-electron chi connectivity index (χ4n) is 3.02. The van der Waals surface area contributed by atoms with E-state index >= 15 is 0 Å². The fourth-order valence-corrected chi connectivity index (χ4v) is 4.92. The summed E-state index contributed by atoms with van der Waals surface area (Å²) in [6, 6.07) is 7.04. The van der Waals surface area contributed by atoms with Gasteiger partial charge in [0.2, 0.25) is 10.0 Å². The first-order chi connectivity index (χ1) is 11.3. The van der Waals surface area contributed by atoms with Gasteiger partial charge in [-0.15, -0.1) is 0 Å². The minimum atomic E-state index is -3.44. The Kier molecular flexibility index (Phi) is 6.62. The number of likely N-dealkylation sites (N-methyl/N-ethyl adjacent to an activating group) is 1. The molecule has 0 amide bonds. The molecule has 1 unspecified atom stereocenters. The van der Waals surface area contributed by atoms with E-state index in [1.807, 2.05) is 0 Å². The average molecular weight is 375 g/mol. The number of hydrogen-bond acceptors (Lipinski definition) is 4. The minimum absolute atomic E-state index is 0.0307. The standard InChI is InChI=1S/C16H23ClN2O4S/c1-18(11-16(20)21)14-6-4-9-19(10-8-14)24(22,23)12-13-5-2-3-7-15(13)17/h2-3,5,7,14H,4,6,8-12H2,1H3,(H,20,21). The Morgan fingerprint density at radius 1 is 1.33 bits per heavy atom. The van der Waals surface area contributed by atoms with Crippen molar-refractivity contribution in [1.82, 2.24) is 9.21 Å². The van der Waals surface area contributed by atoms with Crippen molar-refractivity contribution in [3.05, 3.63) is 34.9 Å². The molecule has 6 nitrogen and oxygen atoms in total. The van der Waals surface area contributed by atoms with E-state index < -0.39 is 16.0 Å². The van der Waals surface area contributed by atoms with Gasteiger partial charge in [0.1, 0.15) is 0 Å². The van der Waals surface area contributed by atoms with Gasteiger partial charge in [-0.3, -0.25) is 9.69 Å². The molecule has 1 aromatic carbocycles. The third-order valence-electron chi connectivity index (χ3n) is 4.35. The first kappa shape index (κ1) is 19.2. The molecule has 1 heterocycles. The van der Waals surface area contributed by atoms with Crippen molar-refractivity contribution in [2.45, 2.75) is 31.1 Å². The molecule has 0 spiro atoms. The summed E-state index contributed by atoms with van der Waals surface area (Å²) >= 11 is 6.07. The van der Waals surface area contributed by atoms with Crippen LogP contribution in [-0.2, 0) is 20.6 Å². The lowest BCUT2D eigenvalue weighted by atomic mass is 10.1. The van der Waals surface area contributed by atoms with Gasteiger partial charge in [0, 0.05) is 24.2 Å². The number of rotatable bonds is 6. The molecule has 1 fully saturated rings. The summed E-state index contributed by atoms with van der Waals surface area (Å²) in [6.45, 7) is 0.836. The number of sulfonamides is 1. The van der Waals surface area contributed by atoms with E-state index in [0.29, 0.717) is 30.1 Å². The molecule has 1 N–H and O–H groups in total. The van der Waals surface area contributed by atoms with Crippen LogP contribution < -0.4 is 0 Å². The van der Waals surface area contributed by atoms with E-state index in [9.17, 15) is 13.2 Å². The van der Waals surface area contributed by atoms with Crippen LogP contribution in [0.4, 0.5) is 0 Å². The molecular formula is C16H23ClN2O4S. The minimum Gasteiger partial charge on any atom is -0.480 e. The van der Waals surface area contributed by atoms with E-state index in [1.54, 1.807) is 36.2 Å². The maximum absolute atomic E-state index is 12.7. The molecule has 0 bridgehead atoms. The summed E-state index contributed by atoms with van der Waals surface area (Å²) in [7, 11) is -1.67. The summed E-state index contributed by atoms with van der Waals surface area (Å²) < 4.78 is 26.9. The van der Waals surface area contributed by atoms with Crippen LogP contribution in [-0.4, -0.2) is 61.4 Å². The molecule has 134 valence electrons. The van der Waals surface area contributed by atoms with Gasteiger partial charge in [-0.2, -0.15) is 0 Å². The van der Waals surface area contributed by atoms with Crippen LogP contribution in [0.2, 0.25) is 5.02 Å². The maximum Gasteiger partial charge on any atom is 0.317 e. The zero-order valence-electron chi connectivity index (χ0n) is 13.7. The predicted molar refractivity (Wildman–Crippen MR) is 93.6 cm³/mol. The highest BCUT2D eigenvalue weighted by atomic mass is 35.5. The summed E-state index contributed by atoms with van der Waals surface area (Å²) in [5, 5.41) is 9.35. The Balaban J connectivity index is 2.02. The van der Waals surface area contributed by atoms with Gasteiger partial charge in [-0.25, -0.2) is 12.7 Å². The fraction of sp³-hybridized carbons (Fsp3) is 0.562. The van der Waals surface area contributed by atoms with Gasteiger partial charge >= 0.3 is 5.97 Å². The molecule has 1 aliphatic heterocycles. The maximum atomic E-state index is 12.7. The van der Waals surface area contributed by atoms with Gasteiger partial charge in [0.15, 0.2) is 0 Å². The van der Waals surface area contributed by atoms with Crippen LogP contribution in [0.1, 0.15) is 24.8 Å². The van der Waals surface area contributed by atoms with E-state index in [2.05, 4.69) is 0 Å². The highest BCUT2D eigenvalue weighted by Crippen LogP contribution is 2.23. The van der Waals surface area contributed by atoms with E-state index in [4.69, 9.17) is 16.7 Å². The smallest absolute Gasteiger partial charge is 0.317 e. The Labute approximate surface area is 148 Å². The first-order valence-corrected chi connectivity index (χ1v) is 9.91. The molecule has 2 rings (SSSR count). The van der Waals surface area contributed by atoms with E-state index in [0.717, 1.165) is 12.8 Å². The van der Waals surface area contributed by atoms with E-state index in [-0.39, 0.29) is 18.3 Å². The number of benzene rings is 1. The Morgan fingerprint density at radius 3 is 2.71 bits per heavy atom. The monoisotopic (exact) mass is 374 g/mol. The SMILES string of the molecule is CN(CC(=O)O)C1CCCN(S(=O)(=O)Cc2ccccc2Cl)CC1. The van der Waals surface area contributed by atoms with Crippen molar-refractivity contribution in [1.29, 1.82) is 0 Å². The molecule has 1 saturated heterocycles. The van der Waals surface area contributed by atoms with Gasteiger partial charge in [0.25, 0.3) is 0 Å². The molecule has 8 heteroatoms. The third-order valence-corrected chi connectivity index (χ3v) is 6.55. The average Bonchev–Trinajstić information content (AvgIpc) is 2.75. The van der Waals surface area contributed by atoms with Crippen LogP contribution in [0, 0.1) is 0 Å². The van der Waals surface area contributed by atoms with Gasteiger partial charge in [-0.05, 0) is 37.9 Å². The Morgan fingerprint density at radius 2 is 2.04 bits per heavy atom.